The zero-order valence-corrected chi connectivity index (χ0v) is 20.2. The number of fused-ring (bicyclic) bond motifs is 1. The predicted octanol–water partition coefficient (Wildman–Crippen LogP) is 3.58. The van der Waals surface area contributed by atoms with Gasteiger partial charge in [0.2, 0.25) is 11.8 Å². The maximum absolute atomic E-state index is 12.9. The Bertz CT molecular complexity index is 1150. The third-order valence-electron chi connectivity index (χ3n) is 5.40. The number of hydrogen-bond donors (Lipinski definition) is 1. The number of carbonyl (C=O) groups is 2. The summed E-state index contributed by atoms with van der Waals surface area (Å²) < 4.78 is 36.8. The van der Waals surface area contributed by atoms with Crippen LogP contribution in [0.2, 0.25) is 0 Å². The van der Waals surface area contributed by atoms with Crippen molar-refractivity contribution in [1.82, 2.24) is 0 Å². The van der Waals surface area contributed by atoms with Gasteiger partial charge in [0.15, 0.2) is 9.84 Å². The number of hydrogen-bond acceptors (Lipinski definition) is 6. The SMILES string of the molecule is CCOc1ccc(OCC)c(NC(=O)CCS(=O)(=O)c2ccc3c(c2)CC(C)N3C(C)=O)c1. The summed E-state index contributed by atoms with van der Waals surface area (Å²) in [5.41, 5.74) is 1.99. The van der Waals surface area contributed by atoms with Crippen molar-refractivity contribution in [2.45, 2.75) is 51.5 Å². The van der Waals surface area contributed by atoms with Gasteiger partial charge in [0, 0.05) is 31.1 Å². The van der Waals surface area contributed by atoms with Gasteiger partial charge in [0.25, 0.3) is 0 Å². The Kier molecular flexibility index (Phi) is 7.63. The first kappa shape index (κ1) is 24.6. The average molecular weight is 475 g/mol. The summed E-state index contributed by atoms with van der Waals surface area (Å²) >= 11 is 0. The fourth-order valence-electron chi connectivity index (χ4n) is 3.98. The minimum absolute atomic E-state index is 0.0202. The van der Waals surface area contributed by atoms with E-state index in [0.717, 1.165) is 11.3 Å². The number of nitrogens with zero attached hydrogens (tertiary/aromatic N) is 1. The second-order valence-corrected chi connectivity index (χ2v) is 9.98. The quantitative estimate of drug-likeness (QED) is 0.596. The molecule has 0 saturated heterocycles. The summed E-state index contributed by atoms with van der Waals surface area (Å²) in [7, 11) is -3.68. The molecule has 1 aliphatic rings. The topological polar surface area (TPSA) is 102 Å². The molecule has 0 aromatic heterocycles. The van der Waals surface area contributed by atoms with Crippen LogP contribution >= 0.6 is 0 Å². The number of anilines is 2. The number of benzene rings is 2. The van der Waals surface area contributed by atoms with Crippen LogP contribution in [-0.4, -0.2) is 45.2 Å². The predicted molar refractivity (Wildman–Crippen MR) is 127 cm³/mol. The van der Waals surface area contributed by atoms with Crippen molar-refractivity contribution in [3.8, 4) is 11.5 Å². The Hall–Kier alpha value is -3.07. The van der Waals surface area contributed by atoms with Crippen molar-refractivity contribution in [1.29, 1.82) is 0 Å². The molecule has 8 nitrogen and oxygen atoms in total. The normalized spacial score (nSPS) is 15.2. The van der Waals surface area contributed by atoms with Gasteiger partial charge in [-0.05, 0) is 63.1 Å². The van der Waals surface area contributed by atoms with Crippen LogP contribution < -0.4 is 19.7 Å². The Morgan fingerprint density at radius 3 is 2.48 bits per heavy atom. The lowest BCUT2D eigenvalue weighted by molar-refractivity contribution is -0.117. The van der Waals surface area contributed by atoms with Crippen LogP contribution in [0.25, 0.3) is 0 Å². The first-order valence-electron chi connectivity index (χ1n) is 11.0. The van der Waals surface area contributed by atoms with E-state index in [1.165, 1.54) is 13.0 Å². The molecule has 1 aliphatic heterocycles. The lowest BCUT2D eigenvalue weighted by atomic mass is 10.1. The molecule has 2 amide bonds. The number of amides is 2. The van der Waals surface area contributed by atoms with E-state index in [1.54, 1.807) is 35.2 Å². The maximum Gasteiger partial charge on any atom is 0.225 e. The highest BCUT2D eigenvalue weighted by Gasteiger charge is 2.30. The Morgan fingerprint density at radius 1 is 1.09 bits per heavy atom. The number of rotatable bonds is 9. The van der Waals surface area contributed by atoms with Gasteiger partial charge in [-0.3, -0.25) is 9.59 Å². The fourth-order valence-corrected chi connectivity index (χ4v) is 5.27. The number of nitrogens with one attached hydrogen (secondary N) is 1. The van der Waals surface area contributed by atoms with E-state index < -0.39 is 15.7 Å². The second kappa shape index (κ2) is 10.2. The molecule has 2 aromatic rings. The fraction of sp³-hybridized carbons (Fsp3) is 0.417. The van der Waals surface area contributed by atoms with E-state index in [2.05, 4.69) is 5.32 Å². The molecule has 0 spiro atoms. The minimum atomic E-state index is -3.68. The molecule has 0 bridgehead atoms. The summed E-state index contributed by atoms with van der Waals surface area (Å²) in [5, 5.41) is 2.73. The molecule has 0 saturated carbocycles. The largest absolute Gasteiger partial charge is 0.494 e. The molecule has 178 valence electrons. The number of ether oxygens (including phenoxy) is 2. The van der Waals surface area contributed by atoms with Crippen LogP contribution in [0.3, 0.4) is 0 Å². The summed E-state index contributed by atoms with van der Waals surface area (Å²) in [6, 6.07) is 9.87. The Labute approximate surface area is 194 Å². The van der Waals surface area contributed by atoms with Crippen LogP contribution in [0.1, 0.15) is 39.7 Å². The average Bonchev–Trinajstić information content (AvgIpc) is 3.09. The van der Waals surface area contributed by atoms with Gasteiger partial charge in [0.05, 0.1) is 29.5 Å². The molecule has 2 aromatic carbocycles. The van der Waals surface area contributed by atoms with E-state index in [4.69, 9.17) is 9.47 Å². The molecule has 1 heterocycles. The van der Waals surface area contributed by atoms with Gasteiger partial charge < -0.3 is 19.7 Å². The minimum Gasteiger partial charge on any atom is -0.494 e. The summed E-state index contributed by atoms with van der Waals surface area (Å²) in [5.74, 6) is 0.216. The smallest absolute Gasteiger partial charge is 0.225 e. The van der Waals surface area contributed by atoms with Crippen molar-refractivity contribution in [3.05, 3.63) is 42.0 Å². The van der Waals surface area contributed by atoms with Crippen LogP contribution in [0.4, 0.5) is 11.4 Å². The molecule has 9 heteroatoms. The van der Waals surface area contributed by atoms with Crippen LogP contribution in [-0.2, 0) is 25.8 Å². The van der Waals surface area contributed by atoms with Crippen molar-refractivity contribution in [2.75, 3.05) is 29.2 Å². The molecular weight excluding hydrogens is 444 g/mol. The zero-order valence-electron chi connectivity index (χ0n) is 19.4. The van der Waals surface area contributed by atoms with E-state index in [-0.39, 0.29) is 29.0 Å². The van der Waals surface area contributed by atoms with Crippen LogP contribution in [0.15, 0.2) is 41.3 Å². The van der Waals surface area contributed by atoms with E-state index in [9.17, 15) is 18.0 Å². The molecular formula is C24H30N2O6S. The monoisotopic (exact) mass is 474 g/mol. The highest BCUT2D eigenvalue weighted by Crippen LogP contribution is 2.34. The molecule has 33 heavy (non-hydrogen) atoms. The molecule has 0 fully saturated rings. The van der Waals surface area contributed by atoms with Crippen LogP contribution in [0, 0.1) is 0 Å². The van der Waals surface area contributed by atoms with Crippen molar-refractivity contribution >= 4 is 33.0 Å². The van der Waals surface area contributed by atoms with Gasteiger partial charge >= 0.3 is 0 Å². The molecule has 0 aliphatic carbocycles. The van der Waals surface area contributed by atoms with Gasteiger partial charge in [0.1, 0.15) is 11.5 Å². The van der Waals surface area contributed by atoms with Crippen molar-refractivity contribution in [3.63, 3.8) is 0 Å². The van der Waals surface area contributed by atoms with Crippen molar-refractivity contribution < 1.29 is 27.5 Å². The summed E-state index contributed by atoms with van der Waals surface area (Å²) in [4.78, 5) is 26.3. The van der Waals surface area contributed by atoms with E-state index in [0.29, 0.717) is 36.8 Å². The molecule has 3 rings (SSSR count). The first-order valence-corrected chi connectivity index (χ1v) is 12.7. The highest BCUT2D eigenvalue weighted by molar-refractivity contribution is 7.91. The lowest BCUT2D eigenvalue weighted by Gasteiger charge is -2.20. The molecule has 0 radical (unpaired) electrons. The second-order valence-electron chi connectivity index (χ2n) is 7.87. The summed E-state index contributed by atoms with van der Waals surface area (Å²) in [6.07, 6.45) is 0.384. The number of carbonyl (C=O) groups excluding carboxylic acids is 2. The van der Waals surface area contributed by atoms with Gasteiger partial charge in [-0.1, -0.05) is 0 Å². The van der Waals surface area contributed by atoms with Crippen LogP contribution in [0.5, 0.6) is 11.5 Å². The highest BCUT2D eigenvalue weighted by atomic mass is 32.2. The van der Waals surface area contributed by atoms with E-state index >= 15 is 0 Å². The maximum atomic E-state index is 12.9. The van der Waals surface area contributed by atoms with Crippen molar-refractivity contribution in [2.24, 2.45) is 0 Å². The number of sulfone groups is 1. The molecule has 1 N–H and O–H groups in total. The van der Waals surface area contributed by atoms with Gasteiger partial charge in [-0.2, -0.15) is 0 Å². The molecule has 1 atom stereocenters. The third kappa shape index (κ3) is 5.65. The van der Waals surface area contributed by atoms with Gasteiger partial charge in [-0.25, -0.2) is 8.42 Å². The van der Waals surface area contributed by atoms with Gasteiger partial charge in [-0.15, -0.1) is 0 Å². The summed E-state index contributed by atoms with van der Waals surface area (Å²) in [6.45, 7) is 8.01. The van der Waals surface area contributed by atoms with E-state index in [1.807, 2.05) is 20.8 Å². The zero-order chi connectivity index (χ0) is 24.2. The third-order valence-corrected chi connectivity index (χ3v) is 7.11. The Morgan fingerprint density at radius 2 is 1.82 bits per heavy atom. The Balaban J connectivity index is 1.70. The standard InChI is InChI=1S/C24H30N2O6S/c1-5-31-19-7-10-23(32-6-2)21(15-19)25-24(28)11-12-33(29,30)20-8-9-22-18(14-20)13-16(3)26(22)17(4)27/h7-10,14-16H,5-6,11-13H2,1-4H3,(H,25,28). The first-order chi connectivity index (χ1) is 15.7. The lowest BCUT2D eigenvalue weighted by Crippen LogP contribution is -2.33. The molecule has 1 unspecified atom stereocenters.